The van der Waals surface area contributed by atoms with Crippen LogP contribution in [0.15, 0.2) is 23.8 Å². The molecule has 0 aromatic heterocycles. The summed E-state index contributed by atoms with van der Waals surface area (Å²) in [6.45, 7) is 5.85. The zero-order valence-electron chi connectivity index (χ0n) is 18.1. The van der Waals surface area contributed by atoms with Gasteiger partial charge in [-0.1, -0.05) is 39.0 Å². The lowest BCUT2D eigenvalue weighted by atomic mass is 9.66. The molecule has 170 valence electrons. The molecular formula is C23H36O7. The van der Waals surface area contributed by atoms with Crippen molar-refractivity contribution in [2.24, 2.45) is 23.7 Å². The minimum Gasteiger partial charge on any atom is -0.481 e. The van der Waals surface area contributed by atoms with Crippen molar-refractivity contribution in [1.82, 2.24) is 0 Å². The van der Waals surface area contributed by atoms with Gasteiger partial charge in [0.15, 0.2) is 0 Å². The second-order valence-electron chi connectivity index (χ2n) is 8.88. The number of allylic oxidation sites excluding steroid dienone is 2. The van der Waals surface area contributed by atoms with Crippen molar-refractivity contribution >= 4 is 11.9 Å². The fourth-order valence-electron chi connectivity index (χ4n) is 4.52. The number of aliphatic hydroxyl groups excluding tert-OH is 3. The molecule has 0 bridgehead atoms. The van der Waals surface area contributed by atoms with Crippen molar-refractivity contribution < 1.29 is 34.8 Å². The van der Waals surface area contributed by atoms with Crippen molar-refractivity contribution in [2.45, 2.75) is 83.7 Å². The SMILES string of the molecule is CCC(C)C(=O)O[C@H]1CC(O)C=C2C=CC(C)C(CC[C@@H](O)CC(O)CC(=O)O)C21. The van der Waals surface area contributed by atoms with Crippen LogP contribution in [0.25, 0.3) is 0 Å². The van der Waals surface area contributed by atoms with Crippen molar-refractivity contribution in [1.29, 1.82) is 0 Å². The van der Waals surface area contributed by atoms with E-state index in [1.54, 1.807) is 0 Å². The van der Waals surface area contributed by atoms with E-state index in [2.05, 4.69) is 13.0 Å². The Morgan fingerprint density at radius 2 is 1.97 bits per heavy atom. The number of carbonyl (C=O) groups is 2. The third kappa shape index (κ3) is 6.65. The molecule has 8 atom stereocenters. The molecule has 0 spiro atoms. The molecule has 0 aliphatic heterocycles. The molecule has 0 radical (unpaired) electrons. The van der Waals surface area contributed by atoms with Crippen molar-refractivity contribution in [3.8, 4) is 0 Å². The van der Waals surface area contributed by atoms with Gasteiger partial charge < -0.3 is 25.2 Å². The summed E-state index contributed by atoms with van der Waals surface area (Å²) in [4.78, 5) is 23.1. The topological polar surface area (TPSA) is 124 Å². The first-order valence-electron chi connectivity index (χ1n) is 11.0. The third-order valence-corrected chi connectivity index (χ3v) is 6.44. The van der Waals surface area contributed by atoms with Gasteiger partial charge in [-0.15, -0.1) is 0 Å². The van der Waals surface area contributed by atoms with Gasteiger partial charge in [-0.2, -0.15) is 0 Å². The summed E-state index contributed by atoms with van der Waals surface area (Å²) in [7, 11) is 0. The highest BCUT2D eigenvalue weighted by atomic mass is 16.5. The lowest BCUT2D eigenvalue weighted by Gasteiger charge is -2.43. The maximum atomic E-state index is 12.4. The van der Waals surface area contributed by atoms with Crippen LogP contribution in [0.1, 0.15) is 59.3 Å². The number of carbonyl (C=O) groups excluding carboxylic acids is 1. The highest BCUT2D eigenvalue weighted by molar-refractivity contribution is 5.72. The summed E-state index contributed by atoms with van der Waals surface area (Å²) < 4.78 is 5.84. The van der Waals surface area contributed by atoms with Gasteiger partial charge in [-0.05, 0) is 43.1 Å². The van der Waals surface area contributed by atoms with Gasteiger partial charge in [0.2, 0.25) is 0 Å². The Bertz CT molecular complexity index is 656. The zero-order valence-corrected chi connectivity index (χ0v) is 18.1. The average molecular weight is 425 g/mol. The van der Waals surface area contributed by atoms with Gasteiger partial charge in [-0.3, -0.25) is 9.59 Å². The summed E-state index contributed by atoms with van der Waals surface area (Å²) >= 11 is 0. The predicted octanol–water partition coefficient (Wildman–Crippen LogP) is 2.44. The molecule has 0 fully saturated rings. The zero-order chi connectivity index (χ0) is 22.4. The average Bonchev–Trinajstić information content (AvgIpc) is 2.65. The second-order valence-corrected chi connectivity index (χ2v) is 8.88. The van der Waals surface area contributed by atoms with Crippen molar-refractivity contribution in [3.05, 3.63) is 23.8 Å². The molecule has 6 unspecified atom stereocenters. The van der Waals surface area contributed by atoms with E-state index >= 15 is 0 Å². The highest BCUT2D eigenvalue weighted by Crippen LogP contribution is 2.44. The Labute approximate surface area is 178 Å². The van der Waals surface area contributed by atoms with Gasteiger partial charge >= 0.3 is 11.9 Å². The molecule has 0 aromatic rings. The molecule has 2 aliphatic carbocycles. The number of carboxylic acids is 1. The molecule has 0 amide bonds. The summed E-state index contributed by atoms with van der Waals surface area (Å²) in [6.07, 6.45) is 4.64. The second kappa shape index (κ2) is 11.1. The van der Waals surface area contributed by atoms with Crippen LogP contribution >= 0.6 is 0 Å². The van der Waals surface area contributed by atoms with Crippen molar-refractivity contribution in [3.63, 3.8) is 0 Å². The van der Waals surface area contributed by atoms with E-state index in [-0.39, 0.29) is 42.5 Å². The monoisotopic (exact) mass is 424 g/mol. The number of esters is 1. The van der Waals surface area contributed by atoms with Crippen LogP contribution in [0.3, 0.4) is 0 Å². The van der Waals surface area contributed by atoms with Crippen LogP contribution in [0.5, 0.6) is 0 Å². The molecule has 4 N–H and O–H groups in total. The van der Waals surface area contributed by atoms with Gasteiger partial charge in [0.1, 0.15) is 6.10 Å². The first-order chi connectivity index (χ1) is 14.1. The van der Waals surface area contributed by atoms with Crippen LogP contribution < -0.4 is 0 Å². The van der Waals surface area contributed by atoms with Crippen LogP contribution in [0.4, 0.5) is 0 Å². The molecule has 2 aliphatic rings. The van der Waals surface area contributed by atoms with Crippen molar-refractivity contribution in [2.75, 3.05) is 0 Å². The Kier molecular flexibility index (Phi) is 9.07. The number of aliphatic carboxylic acids is 1. The van der Waals surface area contributed by atoms with Gasteiger partial charge in [-0.25, -0.2) is 0 Å². The fourth-order valence-corrected chi connectivity index (χ4v) is 4.52. The highest BCUT2D eigenvalue weighted by Gasteiger charge is 2.42. The van der Waals surface area contributed by atoms with Crippen LogP contribution in [-0.2, 0) is 14.3 Å². The first-order valence-corrected chi connectivity index (χ1v) is 11.0. The molecule has 2 rings (SSSR count). The number of ether oxygens (including phenoxy) is 1. The van der Waals surface area contributed by atoms with E-state index in [9.17, 15) is 24.9 Å². The quantitative estimate of drug-likeness (QED) is 0.397. The summed E-state index contributed by atoms with van der Waals surface area (Å²) in [6, 6.07) is 0. The number of aliphatic hydroxyl groups is 3. The lowest BCUT2D eigenvalue weighted by Crippen LogP contribution is -2.43. The fraction of sp³-hybridized carbons (Fsp3) is 0.739. The molecule has 0 saturated heterocycles. The summed E-state index contributed by atoms with van der Waals surface area (Å²) in [5.41, 5.74) is 0.958. The standard InChI is InChI=1S/C23H36O7/c1-4-13(2)23(29)30-20-11-17(25)9-15-6-5-14(3)19(22(15)20)8-7-16(24)10-18(26)12-21(27)28/h5-6,9,13-14,16-20,22,24-26H,4,7-8,10-12H2,1-3H3,(H,27,28)/t13?,14?,16-,17?,18?,19?,20+,22?/m1/s1. The third-order valence-electron chi connectivity index (χ3n) is 6.44. The number of carboxylic acid groups (broad SMARTS) is 1. The number of hydrogen-bond donors (Lipinski definition) is 4. The molecule has 7 nitrogen and oxygen atoms in total. The maximum absolute atomic E-state index is 12.4. The van der Waals surface area contributed by atoms with E-state index in [0.717, 1.165) is 5.57 Å². The van der Waals surface area contributed by atoms with E-state index in [4.69, 9.17) is 9.84 Å². The van der Waals surface area contributed by atoms with Crippen LogP contribution in [0.2, 0.25) is 0 Å². The van der Waals surface area contributed by atoms with E-state index in [1.165, 1.54) is 0 Å². The molecule has 0 heterocycles. The minimum absolute atomic E-state index is 0.0156. The predicted molar refractivity (Wildman–Crippen MR) is 111 cm³/mol. The smallest absolute Gasteiger partial charge is 0.308 e. The Balaban J connectivity index is 2.09. The normalized spacial score (nSPS) is 31.3. The first kappa shape index (κ1) is 24.6. The van der Waals surface area contributed by atoms with Crippen LogP contribution in [-0.4, -0.2) is 56.8 Å². The summed E-state index contributed by atoms with van der Waals surface area (Å²) in [5.74, 6) is -1.31. The van der Waals surface area contributed by atoms with Gasteiger partial charge in [0.05, 0.1) is 30.7 Å². The molecule has 30 heavy (non-hydrogen) atoms. The van der Waals surface area contributed by atoms with Gasteiger partial charge in [0, 0.05) is 12.3 Å². The largest absolute Gasteiger partial charge is 0.481 e. The molecule has 7 heteroatoms. The van der Waals surface area contributed by atoms with Gasteiger partial charge in [0.25, 0.3) is 0 Å². The Morgan fingerprint density at radius 3 is 2.60 bits per heavy atom. The maximum Gasteiger partial charge on any atom is 0.308 e. The van der Waals surface area contributed by atoms with Crippen LogP contribution in [0, 0.1) is 23.7 Å². The van der Waals surface area contributed by atoms with E-state index < -0.39 is 30.4 Å². The number of rotatable bonds is 10. The Hall–Kier alpha value is -1.70. The number of hydrogen-bond acceptors (Lipinski definition) is 6. The number of fused-ring (bicyclic) bond motifs is 1. The molecule has 0 saturated carbocycles. The lowest BCUT2D eigenvalue weighted by molar-refractivity contribution is -0.159. The molecule has 0 aromatic carbocycles. The minimum atomic E-state index is -1.10. The van der Waals surface area contributed by atoms with E-state index in [1.807, 2.05) is 26.0 Å². The summed E-state index contributed by atoms with van der Waals surface area (Å²) in [5, 5.41) is 39.1. The Morgan fingerprint density at radius 1 is 1.27 bits per heavy atom. The van der Waals surface area contributed by atoms with E-state index in [0.29, 0.717) is 25.7 Å². The molecular weight excluding hydrogens is 388 g/mol.